The number of nitrogens with zero attached hydrogens (tertiary/aromatic N) is 2. The Morgan fingerprint density at radius 1 is 1.29 bits per heavy atom. The summed E-state index contributed by atoms with van der Waals surface area (Å²) in [5, 5.41) is 7.07. The van der Waals surface area contributed by atoms with E-state index in [1.54, 1.807) is 18.3 Å². The van der Waals surface area contributed by atoms with Crippen molar-refractivity contribution in [2.24, 2.45) is 0 Å². The van der Waals surface area contributed by atoms with E-state index in [4.69, 9.17) is 40.2 Å². The lowest BCUT2D eigenvalue weighted by molar-refractivity contribution is -0.119. The Balaban J connectivity index is 1.71. The summed E-state index contributed by atoms with van der Waals surface area (Å²) in [5.74, 6) is -0.281. The lowest BCUT2D eigenvalue weighted by atomic mass is 10.0. The van der Waals surface area contributed by atoms with Gasteiger partial charge in [-0.1, -0.05) is 29.3 Å². The lowest BCUT2D eigenvalue weighted by Gasteiger charge is -2.27. The molecule has 0 saturated carbocycles. The van der Waals surface area contributed by atoms with Gasteiger partial charge in [0.2, 0.25) is 5.91 Å². The normalized spacial score (nSPS) is 18.2. The van der Waals surface area contributed by atoms with Gasteiger partial charge in [0, 0.05) is 23.9 Å². The summed E-state index contributed by atoms with van der Waals surface area (Å²) < 4.78 is 5.55. The molecule has 1 amide bonds. The van der Waals surface area contributed by atoms with Crippen molar-refractivity contribution in [1.82, 2.24) is 10.3 Å². The molecule has 0 radical (unpaired) electrons. The van der Waals surface area contributed by atoms with Crippen LogP contribution in [0.15, 0.2) is 54.7 Å². The smallest absolute Gasteiger partial charge is 0.250 e. The van der Waals surface area contributed by atoms with Crippen LogP contribution in [0.5, 0.6) is 0 Å². The predicted octanol–water partition coefficient (Wildman–Crippen LogP) is 5.21. The molecule has 0 unspecified atom stereocenters. The van der Waals surface area contributed by atoms with Crippen LogP contribution in [0.25, 0.3) is 0 Å². The third-order valence-electron chi connectivity index (χ3n) is 4.76. The molecule has 10 heteroatoms. The molecule has 1 aliphatic heterocycles. The second-order valence-corrected chi connectivity index (χ2v) is 9.32. The van der Waals surface area contributed by atoms with Crippen molar-refractivity contribution in [3.63, 3.8) is 0 Å². The van der Waals surface area contributed by atoms with Crippen LogP contribution in [-0.4, -0.2) is 29.7 Å². The van der Waals surface area contributed by atoms with E-state index >= 15 is 0 Å². The molecule has 0 bridgehead atoms. The summed E-state index contributed by atoms with van der Waals surface area (Å²) in [6.07, 6.45) is 1.76. The minimum absolute atomic E-state index is 0.0504. The number of ether oxygens (including phenoxy) is 1. The van der Waals surface area contributed by atoms with Gasteiger partial charge in [0.05, 0.1) is 32.8 Å². The maximum Gasteiger partial charge on any atom is 0.250 e. The van der Waals surface area contributed by atoms with Crippen molar-refractivity contribution in [2.45, 2.75) is 12.1 Å². The molecule has 0 aliphatic carbocycles. The van der Waals surface area contributed by atoms with Gasteiger partial charge in [-0.05, 0) is 54.7 Å². The van der Waals surface area contributed by atoms with E-state index < -0.39 is 0 Å². The van der Waals surface area contributed by atoms with Crippen molar-refractivity contribution < 1.29 is 9.53 Å². The molecule has 2 N–H and O–H groups in total. The number of rotatable bonds is 6. The number of hydrogen-bond acceptors (Lipinski definition) is 5. The molecule has 2 aromatic heterocycles. The fourth-order valence-electron chi connectivity index (χ4n) is 3.48. The zero-order valence-corrected chi connectivity index (χ0v) is 19.5. The highest BCUT2D eigenvalue weighted by molar-refractivity contribution is 7.80. The van der Waals surface area contributed by atoms with Crippen molar-refractivity contribution in [3.05, 3.63) is 74.7 Å². The second kappa shape index (κ2) is 9.50. The first-order chi connectivity index (χ1) is 15.0. The molecule has 0 spiro atoms. The highest BCUT2D eigenvalue weighted by Gasteiger charge is 2.41. The zero-order valence-electron chi connectivity index (χ0n) is 16.3. The van der Waals surface area contributed by atoms with Gasteiger partial charge in [0.1, 0.15) is 6.61 Å². The number of amides is 1. The first-order valence-electron chi connectivity index (χ1n) is 9.32. The Kier molecular flexibility index (Phi) is 6.74. The monoisotopic (exact) mass is 492 g/mol. The third kappa shape index (κ3) is 4.68. The van der Waals surface area contributed by atoms with Gasteiger partial charge in [-0.3, -0.25) is 9.78 Å². The van der Waals surface area contributed by atoms with Gasteiger partial charge >= 0.3 is 0 Å². The standard InChI is InChI=1S/C21H18Cl2N4O2S2/c1-29-11-18(28)25-14-6-5-12(10-13(14)22)27-20(16-7-8-17(23)31-16)19(26-21(27)30)15-4-2-3-9-24-15/h2-10,19-20H,11H2,1H3,(H,25,28)(H,26,30)/t19-,20+/m0/s1. The molecule has 3 aromatic rings. The van der Waals surface area contributed by atoms with Gasteiger partial charge in [0.25, 0.3) is 0 Å². The number of carbonyl (C=O) groups excluding carboxylic acids is 1. The van der Waals surface area contributed by atoms with E-state index in [2.05, 4.69) is 15.6 Å². The van der Waals surface area contributed by atoms with Gasteiger partial charge in [-0.25, -0.2) is 0 Å². The third-order valence-corrected chi connectivity index (χ3v) is 6.69. The largest absolute Gasteiger partial charge is 0.375 e. The maximum atomic E-state index is 11.8. The van der Waals surface area contributed by atoms with E-state index in [1.807, 2.05) is 41.3 Å². The number of thiophene rings is 1. The predicted molar refractivity (Wildman–Crippen MR) is 129 cm³/mol. The van der Waals surface area contributed by atoms with Crippen LogP contribution in [-0.2, 0) is 9.53 Å². The van der Waals surface area contributed by atoms with Gasteiger partial charge in [0.15, 0.2) is 5.11 Å². The SMILES string of the molecule is COCC(=O)Nc1ccc(N2C(=S)N[C@@H](c3ccccn3)[C@H]2c2ccc(Cl)s2)cc1Cl. The van der Waals surface area contributed by atoms with Crippen molar-refractivity contribution >= 4 is 69.2 Å². The molecule has 160 valence electrons. The molecule has 31 heavy (non-hydrogen) atoms. The van der Waals surface area contributed by atoms with Crippen LogP contribution in [0.1, 0.15) is 22.7 Å². The van der Waals surface area contributed by atoms with E-state index in [1.165, 1.54) is 18.4 Å². The minimum Gasteiger partial charge on any atom is -0.375 e. The van der Waals surface area contributed by atoms with E-state index in [9.17, 15) is 4.79 Å². The van der Waals surface area contributed by atoms with Gasteiger partial charge in [-0.15, -0.1) is 11.3 Å². The quantitative estimate of drug-likeness (QED) is 0.460. The molecule has 1 aromatic carbocycles. The number of nitrogens with one attached hydrogen (secondary N) is 2. The summed E-state index contributed by atoms with van der Waals surface area (Å²) in [5.41, 5.74) is 2.17. The van der Waals surface area contributed by atoms with Crippen molar-refractivity contribution in [2.75, 3.05) is 23.9 Å². The maximum absolute atomic E-state index is 11.8. The Bertz CT molecular complexity index is 1110. The second-order valence-electron chi connectivity index (χ2n) is 6.78. The summed E-state index contributed by atoms with van der Waals surface area (Å²) in [4.78, 5) is 19.4. The Labute approximate surface area is 199 Å². The number of hydrogen-bond donors (Lipinski definition) is 2. The van der Waals surface area contributed by atoms with Crippen molar-refractivity contribution in [1.29, 1.82) is 0 Å². The number of pyridine rings is 1. The van der Waals surface area contributed by atoms with E-state index in [0.717, 1.165) is 16.3 Å². The fourth-order valence-corrected chi connectivity index (χ4v) is 5.24. The Hall–Kier alpha value is -2.23. The molecular weight excluding hydrogens is 475 g/mol. The number of carbonyl (C=O) groups is 1. The average molecular weight is 493 g/mol. The molecule has 1 fully saturated rings. The van der Waals surface area contributed by atoms with Crippen LogP contribution in [0.3, 0.4) is 0 Å². The Morgan fingerprint density at radius 2 is 2.13 bits per heavy atom. The highest BCUT2D eigenvalue weighted by atomic mass is 35.5. The average Bonchev–Trinajstić information content (AvgIpc) is 3.33. The molecule has 4 rings (SSSR count). The number of anilines is 2. The number of aromatic nitrogens is 1. The molecule has 3 heterocycles. The number of halogens is 2. The van der Waals surface area contributed by atoms with Gasteiger partial charge < -0.3 is 20.3 Å². The van der Waals surface area contributed by atoms with Gasteiger partial charge in [-0.2, -0.15) is 0 Å². The zero-order chi connectivity index (χ0) is 22.0. The van der Waals surface area contributed by atoms with E-state index in [-0.39, 0.29) is 24.6 Å². The summed E-state index contributed by atoms with van der Waals surface area (Å²) >= 11 is 19.9. The Morgan fingerprint density at radius 3 is 2.77 bits per heavy atom. The van der Waals surface area contributed by atoms with Crippen molar-refractivity contribution in [3.8, 4) is 0 Å². The molecule has 1 aliphatic rings. The summed E-state index contributed by atoms with van der Waals surface area (Å²) in [7, 11) is 1.46. The molecular formula is C21H18Cl2N4O2S2. The molecule has 2 atom stereocenters. The molecule has 1 saturated heterocycles. The summed E-state index contributed by atoms with van der Waals surface area (Å²) in [6, 6.07) is 14.7. The first-order valence-corrected chi connectivity index (χ1v) is 11.3. The summed E-state index contributed by atoms with van der Waals surface area (Å²) in [6.45, 7) is -0.0504. The molecule has 6 nitrogen and oxygen atoms in total. The van der Waals surface area contributed by atoms with E-state index in [0.29, 0.717) is 20.2 Å². The van der Waals surface area contributed by atoms with Crippen LogP contribution >= 0.6 is 46.8 Å². The fraction of sp³-hybridized carbons (Fsp3) is 0.190. The van der Waals surface area contributed by atoms with Crippen LogP contribution in [0.2, 0.25) is 9.36 Å². The first kappa shape index (κ1) is 22.0. The number of methoxy groups -OCH3 is 1. The number of thiocarbonyl (C=S) groups is 1. The number of benzene rings is 1. The minimum atomic E-state index is -0.281. The van der Waals surface area contributed by atoms with Crippen LogP contribution in [0, 0.1) is 0 Å². The lowest BCUT2D eigenvalue weighted by Crippen LogP contribution is -2.29. The topological polar surface area (TPSA) is 66.5 Å². The van der Waals surface area contributed by atoms with Crippen LogP contribution in [0.4, 0.5) is 11.4 Å². The van der Waals surface area contributed by atoms with Crippen LogP contribution < -0.4 is 15.5 Å². The highest BCUT2D eigenvalue weighted by Crippen LogP contribution is 2.45.